The Kier molecular flexibility index (Phi) is 6.85. The monoisotopic (exact) mass is 264 g/mol. The van der Waals surface area contributed by atoms with Gasteiger partial charge in [0.2, 0.25) is 0 Å². The van der Waals surface area contributed by atoms with Gasteiger partial charge in [0.05, 0.1) is 12.4 Å². The lowest BCUT2D eigenvalue weighted by Crippen LogP contribution is -2.34. The third-order valence-electron chi connectivity index (χ3n) is 2.91. The molecule has 1 unspecified atom stereocenters. The van der Waals surface area contributed by atoms with Crippen LogP contribution in [0.15, 0.2) is 12.4 Å². The maximum absolute atomic E-state index is 12.0. The van der Waals surface area contributed by atoms with E-state index in [0.717, 1.165) is 32.2 Å². The molecule has 106 valence electrons. The van der Waals surface area contributed by atoms with Gasteiger partial charge in [0.25, 0.3) is 5.91 Å². The van der Waals surface area contributed by atoms with E-state index in [4.69, 9.17) is 0 Å². The normalized spacial score (nSPS) is 11.9. The topological polar surface area (TPSA) is 66.9 Å². The van der Waals surface area contributed by atoms with Crippen LogP contribution < -0.4 is 10.6 Å². The van der Waals surface area contributed by atoms with Crippen LogP contribution in [-0.4, -0.2) is 28.5 Å². The predicted molar refractivity (Wildman–Crippen MR) is 77.3 cm³/mol. The fraction of sp³-hybridized carbons (Fsp3) is 0.643. The molecule has 0 aromatic carbocycles. The Bertz CT molecular complexity index is 378. The molecule has 2 N–H and O–H groups in total. The highest BCUT2D eigenvalue weighted by Gasteiger charge is 2.12. The van der Waals surface area contributed by atoms with Crippen LogP contribution in [0.5, 0.6) is 0 Å². The van der Waals surface area contributed by atoms with Crippen LogP contribution >= 0.6 is 0 Å². The maximum Gasteiger partial charge on any atom is 0.271 e. The zero-order valence-corrected chi connectivity index (χ0v) is 12.1. The molecular formula is C14H24N4O. The molecule has 0 bridgehead atoms. The van der Waals surface area contributed by atoms with Gasteiger partial charge in [-0.1, -0.05) is 27.2 Å². The number of amides is 1. The first-order valence-electron chi connectivity index (χ1n) is 7.08. The van der Waals surface area contributed by atoms with Crippen LogP contribution in [0, 0.1) is 0 Å². The van der Waals surface area contributed by atoms with Crippen molar-refractivity contribution in [3.8, 4) is 0 Å². The minimum atomic E-state index is -0.144. The summed E-state index contributed by atoms with van der Waals surface area (Å²) < 4.78 is 0. The first-order chi connectivity index (χ1) is 9.21. The van der Waals surface area contributed by atoms with Crippen molar-refractivity contribution in [1.82, 2.24) is 15.3 Å². The molecule has 0 fully saturated rings. The second kappa shape index (κ2) is 8.45. The predicted octanol–water partition coefficient (Wildman–Crippen LogP) is 2.61. The van der Waals surface area contributed by atoms with E-state index >= 15 is 0 Å². The SMILES string of the molecule is CCCNc1cnc(C(=O)NC(CC)CCC)cn1. The van der Waals surface area contributed by atoms with E-state index in [9.17, 15) is 4.79 Å². The smallest absolute Gasteiger partial charge is 0.271 e. The van der Waals surface area contributed by atoms with Crippen molar-refractivity contribution in [3.05, 3.63) is 18.1 Å². The summed E-state index contributed by atoms with van der Waals surface area (Å²) >= 11 is 0. The molecule has 0 aliphatic heterocycles. The van der Waals surface area contributed by atoms with Gasteiger partial charge in [-0.05, 0) is 19.3 Å². The van der Waals surface area contributed by atoms with E-state index in [-0.39, 0.29) is 11.9 Å². The third-order valence-corrected chi connectivity index (χ3v) is 2.91. The molecule has 0 aliphatic carbocycles. The Labute approximate surface area is 115 Å². The van der Waals surface area contributed by atoms with Crippen LogP contribution in [0.25, 0.3) is 0 Å². The van der Waals surface area contributed by atoms with Crippen molar-refractivity contribution < 1.29 is 4.79 Å². The minimum Gasteiger partial charge on any atom is -0.369 e. The Hall–Kier alpha value is -1.65. The molecule has 1 atom stereocenters. The second-order valence-electron chi connectivity index (χ2n) is 4.58. The van der Waals surface area contributed by atoms with Crippen LogP contribution in [0.3, 0.4) is 0 Å². The molecule has 1 amide bonds. The summed E-state index contributed by atoms with van der Waals surface area (Å²) in [6, 6.07) is 0.220. The van der Waals surface area contributed by atoms with E-state index in [1.807, 2.05) is 0 Å². The fourth-order valence-electron chi connectivity index (χ4n) is 1.78. The van der Waals surface area contributed by atoms with Crippen molar-refractivity contribution in [2.75, 3.05) is 11.9 Å². The summed E-state index contributed by atoms with van der Waals surface area (Å²) in [5, 5.41) is 6.11. The summed E-state index contributed by atoms with van der Waals surface area (Å²) in [5.74, 6) is 0.564. The second-order valence-corrected chi connectivity index (χ2v) is 4.58. The van der Waals surface area contributed by atoms with E-state index < -0.39 is 0 Å². The Balaban J connectivity index is 2.56. The highest BCUT2D eigenvalue weighted by atomic mass is 16.1. The number of nitrogens with zero attached hydrogens (tertiary/aromatic N) is 2. The highest BCUT2D eigenvalue weighted by molar-refractivity contribution is 5.92. The molecule has 1 heterocycles. The maximum atomic E-state index is 12.0. The zero-order valence-electron chi connectivity index (χ0n) is 12.1. The summed E-state index contributed by atoms with van der Waals surface area (Å²) in [5.41, 5.74) is 0.372. The largest absolute Gasteiger partial charge is 0.369 e. The number of anilines is 1. The molecule has 5 nitrogen and oxygen atoms in total. The summed E-state index contributed by atoms with van der Waals surface area (Å²) in [6.07, 6.45) is 7.13. The molecule has 0 aliphatic rings. The Morgan fingerprint density at radius 3 is 2.53 bits per heavy atom. The van der Waals surface area contributed by atoms with Gasteiger partial charge in [-0.25, -0.2) is 9.97 Å². The third kappa shape index (κ3) is 5.24. The number of hydrogen-bond donors (Lipinski definition) is 2. The van der Waals surface area contributed by atoms with Gasteiger partial charge in [0, 0.05) is 12.6 Å². The number of rotatable bonds is 8. The van der Waals surface area contributed by atoms with Crippen molar-refractivity contribution in [2.45, 2.75) is 52.5 Å². The number of carbonyl (C=O) groups excluding carboxylic acids is 1. The molecular weight excluding hydrogens is 240 g/mol. The average molecular weight is 264 g/mol. The number of hydrogen-bond acceptors (Lipinski definition) is 4. The van der Waals surface area contributed by atoms with E-state index in [1.54, 1.807) is 6.20 Å². The summed E-state index contributed by atoms with van der Waals surface area (Å²) in [6.45, 7) is 7.13. The standard InChI is InChI=1S/C14H24N4O/c1-4-7-11(6-3)18-14(19)12-9-17-13(10-16-12)15-8-5-2/h9-11H,4-8H2,1-3H3,(H,15,17)(H,18,19). The molecule has 5 heteroatoms. The molecule has 0 radical (unpaired) electrons. The van der Waals surface area contributed by atoms with Gasteiger partial charge < -0.3 is 10.6 Å². The molecule has 0 saturated heterocycles. The van der Waals surface area contributed by atoms with Crippen molar-refractivity contribution in [1.29, 1.82) is 0 Å². The quantitative estimate of drug-likeness (QED) is 0.757. The highest BCUT2D eigenvalue weighted by Crippen LogP contribution is 2.04. The van der Waals surface area contributed by atoms with Crippen LogP contribution in [0.4, 0.5) is 5.82 Å². The lowest BCUT2D eigenvalue weighted by Gasteiger charge is -2.15. The Morgan fingerprint density at radius 2 is 2.00 bits per heavy atom. The molecule has 1 aromatic rings. The van der Waals surface area contributed by atoms with Crippen molar-refractivity contribution in [2.24, 2.45) is 0 Å². The molecule has 1 rings (SSSR count). The number of aromatic nitrogens is 2. The van der Waals surface area contributed by atoms with Crippen molar-refractivity contribution >= 4 is 11.7 Å². The van der Waals surface area contributed by atoms with Crippen LogP contribution in [0.1, 0.15) is 56.9 Å². The zero-order chi connectivity index (χ0) is 14.1. The first-order valence-corrected chi connectivity index (χ1v) is 7.08. The Morgan fingerprint density at radius 1 is 1.21 bits per heavy atom. The van der Waals surface area contributed by atoms with Crippen LogP contribution in [-0.2, 0) is 0 Å². The van der Waals surface area contributed by atoms with Gasteiger partial charge in [0.1, 0.15) is 11.5 Å². The molecule has 0 spiro atoms. The van der Waals surface area contributed by atoms with Gasteiger partial charge in [-0.3, -0.25) is 4.79 Å². The summed E-state index contributed by atoms with van der Waals surface area (Å²) in [7, 11) is 0. The fourth-order valence-corrected chi connectivity index (χ4v) is 1.78. The number of carbonyl (C=O) groups is 1. The van der Waals surface area contributed by atoms with E-state index in [1.165, 1.54) is 6.20 Å². The average Bonchev–Trinajstić information content (AvgIpc) is 2.45. The van der Waals surface area contributed by atoms with E-state index in [0.29, 0.717) is 11.5 Å². The molecule has 1 aromatic heterocycles. The van der Waals surface area contributed by atoms with Gasteiger partial charge >= 0.3 is 0 Å². The molecule has 0 saturated carbocycles. The van der Waals surface area contributed by atoms with Gasteiger partial charge in [-0.15, -0.1) is 0 Å². The minimum absolute atomic E-state index is 0.144. The lowest BCUT2D eigenvalue weighted by atomic mass is 10.1. The van der Waals surface area contributed by atoms with Crippen molar-refractivity contribution in [3.63, 3.8) is 0 Å². The number of nitrogens with one attached hydrogen (secondary N) is 2. The molecule has 19 heavy (non-hydrogen) atoms. The lowest BCUT2D eigenvalue weighted by molar-refractivity contribution is 0.0928. The first kappa shape index (κ1) is 15.4. The van der Waals surface area contributed by atoms with E-state index in [2.05, 4.69) is 41.4 Å². The van der Waals surface area contributed by atoms with Gasteiger partial charge in [-0.2, -0.15) is 0 Å². The van der Waals surface area contributed by atoms with Gasteiger partial charge in [0.15, 0.2) is 0 Å². The summed E-state index contributed by atoms with van der Waals surface area (Å²) in [4.78, 5) is 20.3. The van der Waals surface area contributed by atoms with Crippen LogP contribution in [0.2, 0.25) is 0 Å².